The van der Waals surface area contributed by atoms with Crippen LogP contribution in [0.25, 0.3) is 0 Å². The fraction of sp³-hybridized carbons (Fsp3) is 0.846. The second-order valence-electron chi connectivity index (χ2n) is 5.29. The van der Waals surface area contributed by atoms with Crippen LogP contribution in [0.5, 0.6) is 0 Å². The summed E-state index contributed by atoms with van der Waals surface area (Å²) in [7, 11) is 1.65. The van der Waals surface area contributed by atoms with Crippen LogP contribution in [0.15, 0.2) is 0 Å². The molecule has 1 atom stereocenters. The predicted molar refractivity (Wildman–Crippen MR) is 74.7 cm³/mol. The number of carboxylic acid groups (broad SMARTS) is 1. The topological polar surface area (TPSA) is 82.1 Å². The van der Waals surface area contributed by atoms with E-state index < -0.39 is 12.0 Å². The maximum atomic E-state index is 11.9. The number of hydrogen-bond donors (Lipinski definition) is 2. The molecule has 0 aliphatic carbocycles. The quantitative estimate of drug-likeness (QED) is 0.730. The Labute approximate surface area is 119 Å². The van der Waals surface area contributed by atoms with Crippen LogP contribution >= 0.6 is 0 Å². The summed E-state index contributed by atoms with van der Waals surface area (Å²) >= 11 is 0. The molecule has 1 saturated heterocycles. The fourth-order valence-corrected chi connectivity index (χ4v) is 1.88. The molecule has 0 spiro atoms. The Morgan fingerprint density at radius 1 is 1.35 bits per heavy atom. The monoisotopic (exact) mass is 287 g/mol. The normalized spacial score (nSPS) is 17.8. The van der Waals surface area contributed by atoms with Crippen molar-refractivity contribution in [1.82, 2.24) is 15.1 Å². The zero-order valence-corrected chi connectivity index (χ0v) is 12.5. The third kappa shape index (κ3) is 5.34. The van der Waals surface area contributed by atoms with E-state index in [1.165, 1.54) is 4.90 Å². The van der Waals surface area contributed by atoms with Crippen molar-refractivity contribution in [3.63, 3.8) is 0 Å². The first kappa shape index (κ1) is 16.7. The third-order valence-corrected chi connectivity index (χ3v) is 3.53. The largest absolute Gasteiger partial charge is 0.480 e. The van der Waals surface area contributed by atoms with Crippen LogP contribution in [0, 0.1) is 0 Å². The van der Waals surface area contributed by atoms with Crippen molar-refractivity contribution in [3.8, 4) is 0 Å². The highest BCUT2D eigenvalue weighted by atomic mass is 16.5. The van der Waals surface area contributed by atoms with Gasteiger partial charge in [-0.3, -0.25) is 4.90 Å². The van der Waals surface area contributed by atoms with Crippen LogP contribution < -0.4 is 5.32 Å². The Morgan fingerprint density at radius 3 is 2.45 bits per heavy atom. The molecule has 1 heterocycles. The molecular formula is C13H25N3O4. The zero-order chi connectivity index (χ0) is 15.1. The smallest absolute Gasteiger partial charge is 0.326 e. The van der Waals surface area contributed by atoms with Gasteiger partial charge < -0.3 is 20.1 Å². The van der Waals surface area contributed by atoms with E-state index in [0.717, 1.165) is 13.1 Å². The maximum absolute atomic E-state index is 11.9. The van der Waals surface area contributed by atoms with Gasteiger partial charge in [0.2, 0.25) is 0 Å². The van der Waals surface area contributed by atoms with Crippen molar-refractivity contribution in [1.29, 1.82) is 0 Å². The van der Waals surface area contributed by atoms with Crippen molar-refractivity contribution < 1.29 is 19.4 Å². The van der Waals surface area contributed by atoms with Crippen molar-refractivity contribution in [2.45, 2.75) is 32.4 Å². The zero-order valence-electron chi connectivity index (χ0n) is 12.5. The fourth-order valence-electron chi connectivity index (χ4n) is 1.88. The lowest BCUT2D eigenvalue weighted by atomic mass is 10.2. The molecule has 7 heteroatoms. The number of hydrogen-bond acceptors (Lipinski definition) is 4. The van der Waals surface area contributed by atoms with Gasteiger partial charge in [0.15, 0.2) is 0 Å². The Hall–Kier alpha value is -1.34. The summed E-state index contributed by atoms with van der Waals surface area (Å²) in [6.45, 7) is 7.39. The second-order valence-corrected chi connectivity index (χ2v) is 5.29. The molecule has 0 aromatic heterocycles. The summed E-state index contributed by atoms with van der Waals surface area (Å²) in [5.41, 5.74) is 0. The van der Waals surface area contributed by atoms with Gasteiger partial charge in [0.25, 0.3) is 0 Å². The van der Waals surface area contributed by atoms with E-state index in [2.05, 4.69) is 10.2 Å². The summed E-state index contributed by atoms with van der Waals surface area (Å²) in [4.78, 5) is 26.7. The molecule has 1 aliphatic rings. The number of nitrogens with zero attached hydrogens (tertiary/aromatic N) is 2. The van der Waals surface area contributed by atoms with E-state index in [0.29, 0.717) is 26.2 Å². The number of nitrogens with one attached hydrogen (secondary N) is 1. The first-order chi connectivity index (χ1) is 9.41. The Bertz CT molecular complexity index is 330. The lowest BCUT2D eigenvalue weighted by Gasteiger charge is -2.28. The number of carbonyl (C=O) groups is 2. The molecule has 2 amide bonds. The van der Waals surface area contributed by atoms with E-state index in [9.17, 15) is 14.7 Å². The van der Waals surface area contributed by atoms with Gasteiger partial charge in [0, 0.05) is 32.7 Å². The molecule has 2 N–H and O–H groups in total. The number of morpholine rings is 1. The van der Waals surface area contributed by atoms with Gasteiger partial charge in [-0.25, -0.2) is 9.59 Å². The van der Waals surface area contributed by atoms with Gasteiger partial charge in [-0.2, -0.15) is 0 Å². The van der Waals surface area contributed by atoms with Crippen molar-refractivity contribution >= 4 is 12.0 Å². The number of carboxylic acids is 1. The van der Waals surface area contributed by atoms with E-state index in [4.69, 9.17) is 4.74 Å². The molecule has 0 aromatic carbocycles. The van der Waals surface area contributed by atoms with Crippen LogP contribution in [0.3, 0.4) is 0 Å². The van der Waals surface area contributed by atoms with E-state index in [1.807, 2.05) is 13.8 Å². The molecular weight excluding hydrogens is 262 g/mol. The average molecular weight is 287 g/mol. The Kier molecular flexibility index (Phi) is 6.74. The van der Waals surface area contributed by atoms with Crippen LogP contribution in [-0.2, 0) is 9.53 Å². The van der Waals surface area contributed by atoms with Gasteiger partial charge in [0.05, 0.1) is 13.2 Å². The molecule has 1 aliphatic heterocycles. The standard InChI is InChI=1S/C13H25N3O4/c1-10(2)15(3)13(19)14-11(12(17)18)4-5-16-6-8-20-9-7-16/h10-11H,4-9H2,1-3H3,(H,14,19)(H,17,18). The maximum Gasteiger partial charge on any atom is 0.326 e. The molecule has 1 rings (SSSR count). The summed E-state index contributed by atoms with van der Waals surface area (Å²) in [5.74, 6) is -0.997. The lowest BCUT2D eigenvalue weighted by molar-refractivity contribution is -0.139. The first-order valence-corrected chi connectivity index (χ1v) is 6.98. The number of amides is 2. The molecule has 20 heavy (non-hydrogen) atoms. The van der Waals surface area contributed by atoms with E-state index in [1.54, 1.807) is 7.05 Å². The minimum absolute atomic E-state index is 0.0312. The Balaban J connectivity index is 2.43. The third-order valence-electron chi connectivity index (χ3n) is 3.53. The van der Waals surface area contributed by atoms with Gasteiger partial charge in [0.1, 0.15) is 6.04 Å². The number of rotatable bonds is 6. The lowest BCUT2D eigenvalue weighted by Crippen LogP contribution is -2.50. The molecule has 7 nitrogen and oxygen atoms in total. The molecule has 0 bridgehead atoms. The van der Waals surface area contributed by atoms with Crippen molar-refractivity contribution in [2.75, 3.05) is 39.9 Å². The van der Waals surface area contributed by atoms with Crippen LogP contribution in [0.4, 0.5) is 4.79 Å². The minimum atomic E-state index is -0.997. The highest BCUT2D eigenvalue weighted by Crippen LogP contribution is 2.03. The van der Waals surface area contributed by atoms with Gasteiger partial charge in [-0.05, 0) is 20.3 Å². The van der Waals surface area contributed by atoms with E-state index >= 15 is 0 Å². The van der Waals surface area contributed by atoms with Crippen molar-refractivity contribution in [3.05, 3.63) is 0 Å². The SMILES string of the molecule is CC(C)N(C)C(=O)NC(CCN1CCOCC1)C(=O)O. The highest BCUT2D eigenvalue weighted by Gasteiger charge is 2.23. The summed E-state index contributed by atoms with van der Waals surface area (Å²) < 4.78 is 5.24. The van der Waals surface area contributed by atoms with Crippen LogP contribution in [0.1, 0.15) is 20.3 Å². The van der Waals surface area contributed by atoms with Gasteiger partial charge in [-0.15, -0.1) is 0 Å². The molecule has 0 radical (unpaired) electrons. The second kappa shape index (κ2) is 8.06. The van der Waals surface area contributed by atoms with Crippen molar-refractivity contribution in [2.24, 2.45) is 0 Å². The van der Waals surface area contributed by atoms with Crippen LogP contribution in [-0.4, -0.2) is 78.9 Å². The van der Waals surface area contributed by atoms with Crippen LogP contribution in [0.2, 0.25) is 0 Å². The molecule has 116 valence electrons. The number of ether oxygens (including phenoxy) is 1. The number of aliphatic carboxylic acids is 1. The summed E-state index contributed by atoms with van der Waals surface area (Å²) in [6.07, 6.45) is 0.396. The average Bonchev–Trinajstić information content (AvgIpc) is 2.42. The molecule has 1 fully saturated rings. The number of carbonyl (C=O) groups excluding carboxylic acids is 1. The summed E-state index contributed by atoms with van der Waals surface area (Å²) in [6, 6.07) is -1.18. The van der Waals surface area contributed by atoms with E-state index in [-0.39, 0.29) is 12.1 Å². The highest BCUT2D eigenvalue weighted by molar-refractivity contribution is 5.82. The first-order valence-electron chi connectivity index (χ1n) is 6.98. The summed E-state index contributed by atoms with van der Waals surface area (Å²) in [5, 5.41) is 11.8. The molecule has 0 aromatic rings. The predicted octanol–water partition coefficient (Wildman–Crippen LogP) is 0.212. The minimum Gasteiger partial charge on any atom is -0.480 e. The molecule has 0 saturated carbocycles. The van der Waals surface area contributed by atoms with Gasteiger partial charge >= 0.3 is 12.0 Å². The molecule has 1 unspecified atom stereocenters. The van der Waals surface area contributed by atoms with Gasteiger partial charge in [-0.1, -0.05) is 0 Å². The number of urea groups is 1. The Morgan fingerprint density at radius 2 is 1.95 bits per heavy atom.